The van der Waals surface area contributed by atoms with E-state index in [9.17, 15) is 0 Å². The minimum absolute atomic E-state index is 0.616. The highest BCUT2D eigenvalue weighted by atomic mass is 32.2. The molecule has 1 heterocycles. The molecule has 1 aliphatic rings. The van der Waals surface area contributed by atoms with Crippen LogP contribution < -0.4 is 0 Å². The predicted molar refractivity (Wildman–Crippen MR) is 76.3 cm³/mol. The number of ether oxygens (including phenoxy) is 3. The third-order valence-corrected chi connectivity index (χ3v) is 4.71. The van der Waals surface area contributed by atoms with Gasteiger partial charge >= 0.3 is 0 Å². The average molecular weight is 280 g/mol. The molecule has 0 amide bonds. The normalized spacial score (nSPS) is 27.0. The van der Waals surface area contributed by atoms with Gasteiger partial charge < -0.3 is 14.2 Å². The van der Waals surface area contributed by atoms with E-state index in [-0.39, 0.29) is 0 Å². The Bertz CT molecular complexity index is 154. The Labute approximate surface area is 113 Å². The maximum absolute atomic E-state index is 5.69. The van der Waals surface area contributed by atoms with E-state index in [1.165, 1.54) is 6.42 Å². The van der Waals surface area contributed by atoms with Gasteiger partial charge in [-0.05, 0) is 6.42 Å². The van der Waals surface area contributed by atoms with Crippen LogP contribution in [0.1, 0.15) is 13.3 Å². The van der Waals surface area contributed by atoms with Crippen LogP contribution in [-0.4, -0.2) is 62.1 Å². The lowest BCUT2D eigenvalue weighted by Crippen LogP contribution is -2.14. The van der Waals surface area contributed by atoms with Crippen molar-refractivity contribution in [2.45, 2.75) is 18.6 Å². The van der Waals surface area contributed by atoms with Crippen molar-refractivity contribution < 1.29 is 14.2 Å². The van der Waals surface area contributed by atoms with Crippen LogP contribution in [0.3, 0.4) is 0 Å². The Kier molecular flexibility index (Phi) is 10.7. The summed E-state index contributed by atoms with van der Waals surface area (Å²) in [4.78, 5) is 0. The molecule has 1 aliphatic heterocycles. The Morgan fingerprint density at radius 3 is 2.24 bits per heavy atom. The molecule has 17 heavy (non-hydrogen) atoms. The highest BCUT2D eigenvalue weighted by Crippen LogP contribution is 2.15. The summed E-state index contributed by atoms with van der Waals surface area (Å²) in [6, 6.07) is 0. The lowest BCUT2D eigenvalue weighted by Gasteiger charge is -2.14. The lowest BCUT2D eigenvalue weighted by atomic mass is 10.3. The van der Waals surface area contributed by atoms with E-state index in [0.717, 1.165) is 56.9 Å². The number of thioether (sulfide) groups is 2. The first kappa shape index (κ1) is 15.6. The second kappa shape index (κ2) is 11.7. The van der Waals surface area contributed by atoms with Gasteiger partial charge in [-0.1, -0.05) is 6.92 Å². The fourth-order valence-corrected chi connectivity index (χ4v) is 3.08. The minimum atomic E-state index is 0.616. The molecule has 3 nitrogen and oxygen atoms in total. The van der Waals surface area contributed by atoms with Crippen LogP contribution >= 0.6 is 23.5 Å². The van der Waals surface area contributed by atoms with E-state index in [4.69, 9.17) is 14.2 Å². The lowest BCUT2D eigenvalue weighted by molar-refractivity contribution is 0.0605. The summed E-state index contributed by atoms with van der Waals surface area (Å²) in [7, 11) is 0. The number of hydrogen-bond acceptors (Lipinski definition) is 5. The molecule has 0 spiro atoms. The first-order valence-corrected chi connectivity index (χ1v) is 8.56. The fraction of sp³-hybridized carbons (Fsp3) is 1.00. The zero-order chi connectivity index (χ0) is 12.2. The fourth-order valence-electron chi connectivity index (χ4n) is 1.43. The van der Waals surface area contributed by atoms with E-state index >= 15 is 0 Å². The zero-order valence-electron chi connectivity index (χ0n) is 10.7. The van der Waals surface area contributed by atoms with E-state index in [1.54, 1.807) is 0 Å². The molecule has 1 rings (SSSR count). The van der Waals surface area contributed by atoms with Gasteiger partial charge in [0, 0.05) is 22.5 Å². The maximum atomic E-state index is 5.69. The topological polar surface area (TPSA) is 27.7 Å². The minimum Gasteiger partial charge on any atom is -0.379 e. The van der Waals surface area contributed by atoms with E-state index in [1.807, 2.05) is 23.5 Å². The predicted octanol–water partition coefficient (Wildman–Crippen LogP) is 2.29. The summed E-state index contributed by atoms with van der Waals surface area (Å²) in [5, 5.41) is 0.616. The molecule has 1 atom stereocenters. The molecule has 0 aromatic rings. The number of rotatable bonds is 1. The summed E-state index contributed by atoms with van der Waals surface area (Å²) in [5.41, 5.74) is 0. The summed E-state index contributed by atoms with van der Waals surface area (Å²) in [5.74, 6) is 3.17. The van der Waals surface area contributed by atoms with Crippen LogP contribution in [0.4, 0.5) is 0 Å². The van der Waals surface area contributed by atoms with Crippen LogP contribution in [0.25, 0.3) is 0 Å². The van der Waals surface area contributed by atoms with Gasteiger partial charge in [-0.25, -0.2) is 0 Å². The number of hydrogen-bond donors (Lipinski definition) is 0. The standard InChI is InChI=1S/C12H24O3S2/c1-2-12-11-15-6-9-16-8-5-13-3-4-14-7-10-17-12/h12H,2-11H2,1H3. The highest BCUT2D eigenvalue weighted by Gasteiger charge is 2.07. The Balaban J connectivity index is 2.16. The molecule has 0 aromatic heterocycles. The molecule has 0 saturated carbocycles. The van der Waals surface area contributed by atoms with Crippen LogP contribution in [0.15, 0.2) is 0 Å². The van der Waals surface area contributed by atoms with Crippen LogP contribution in [-0.2, 0) is 14.2 Å². The van der Waals surface area contributed by atoms with Gasteiger partial charge in [0.15, 0.2) is 0 Å². The van der Waals surface area contributed by atoms with Crippen molar-refractivity contribution in [3.8, 4) is 0 Å². The van der Waals surface area contributed by atoms with Crippen molar-refractivity contribution in [1.29, 1.82) is 0 Å². The largest absolute Gasteiger partial charge is 0.379 e. The van der Waals surface area contributed by atoms with Crippen molar-refractivity contribution in [1.82, 2.24) is 0 Å². The molecule has 0 aromatic carbocycles. The van der Waals surface area contributed by atoms with Gasteiger partial charge in [0.2, 0.25) is 0 Å². The van der Waals surface area contributed by atoms with Crippen molar-refractivity contribution in [3.63, 3.8) is 0 Å². The van der Waals surface area contributed by atoms with Crippen molar-refractivity contribution in [2.75, 3.05) is 56.9 Å². The molecule has 1 fully saturated rings. The third kappa shape index (κ3) is 9.19. The first-order valence-electron chi connectivity index (χ1n) is 6.36. The Morgan fingerprint density at radius 2 is 1.53 bits per heavy atom. The van der Waals surface area contributed by atoms with Crippen molar-refractivity contribution in [2.24, 2.45) is 0 Å². The van der Waals surface area contributed by atoms with Crippen molar-refractivity contribution >= 4 is 23.5 Å². The first-order chi connectivity index (χ1) is 8.43. The second-order valence-corrected chi connectivity index (χ2v) is 6.45. The molecule has 0 aliphatic carbocycles. The van der Waals surface area contributed by atoms with Crippen LogP contribution in [0.5, 0.6) is 0 Å². The van der Waals surface area contributed by atoms with Crippen LogP contribution in [0, 0.1) is 0 Å². The van der Waals surface area contributed by atoms with Gasteiger partial charge in [0.05, 0.1) is 39.6 Å². The molecular formula is C12H24O3S2. The third-order valence-electron chi connectivity index (χ3n) is 2.46. The second-order valence-electron chi connectivity index (χ2n) is 3.81. The SMILES string of the molecule is CCC1COCCSCCOCCOCCS1. The molecule has 0 radical (unpaired) electrons. The molecule has 1 unspecified atom stereocenters. The van der Waals surface area contributed by atoms with E-state index in [2.05, 4.69) is 6.92 Å². The maximum Gasteiger partial charge on any atom is 0.0700 e. The molecule has 1 saturated heterocycles. The van der Waals surface area contributed by atoms with Gasteiger partial charge in [0.1, 0.15) is 0 Å². The summed E-state index contributed by atoms with van der Waals surface area (Å²) in [6.45, 7) is 7.03. The van der Waals surface area contributed by atoms with Gasteiger partial charge in [-0.3, -0.25) is 0 Å². The molecule has 5 heteroatoms. The van der Waals surface area contributed by atoms with Gasteiger partial charge in [0.25, 0.3) is 0 Å². The Hall–Kier alpha value is 0.580. The molecule has 0 bridgehead atoms. The molecule has 0 N–H and O–H groups in total. The van der Waals surface area contributed by atoms with Crippen LogP contribution in [0.2, 0.25) is 0 Å². The quantitative estimate of drug-likeness (QED) is 0.735. The van der Waals surface area contributed by atoms with Gasteiger partial charge in [-0.15, -0.1) is 0 Å². The Morgan fingerprint density at radius 1 is 0.882 bits per heavy atom. The van der Waals surface area contributed by atoms with Gasteiger partial charge in [-0.2, -0.15) is 23.5 Å². The molecule has 102 valence electrons. The van der Waals surface area contributed by atoms with E-state index < -0.39 is 0 Å². The molecular weight excluding hydrogens is 256 g/mol. The smallest absolute Gasteiger partial charge is 0.0700 e. The highest BCUT2D eigenvalue weighted by molar-refractivity contribution is 8.00. The van der Waals surface area contributed by atoms with Crippen molar-refractivity contribution in [3.05, 3.63) is 0 Å². The zero-order valence-corrected chi connectivity index (χ0v) is 12.3. The summed E-state index contributed by atoms with van der Waals surface area (Å²) < 4.78 is 16.7. The average Bonchev–Trinajstić information content (AvgIpc) is 2.36. The summed E-state index contributed by atoms with van der Waals surface area (Å²) >= 11 is 3.85. The van der Waals surface area contributed by atoms with E-state index in [0.29, 0.717) is 5.25 Å². The summed E-state index contributed by atoms with van der Waals surface area (Å²) in [6.07, 6.45) is 1.17. The monoisotopic (exact) mass is 280 g/mol.